The molecule has 1 atom stereocenters. The van der Waals surface area contributed by atoms with Gasteiger partial charge >= 0.3 is 0 Å². The monoisotopic (exact) mass is 434 g/mol. The number of thiophene rings is 1. The van der Waals surface area contributed by atoms with Gasteiger partial charge in [0.05, 0.1) is 12.6 Å². The first-order chi connectivity index (χ1) is 10.3. The zero-order valence-corrected chi connectivity index (χ0v) is 16.2. The molecule has 2 heterocycles. The van der Waals surface area contributed by atoms with E-state index < -0.39 is 0 Å². The van der Waals surface area contributed by atoms with E-state index in [2.05, 4.69) is 32.7 Å². The molecule has 0 spiro atoms. The molecule has 1 saturated heterocycles. The lowest BCUT2D eigenvalue weighted by molar-refractivity contribution is 0.255. The van der Waals surface area contributed by atoms with Crippen molar-refractivity contribution in [1.82, 2.24) is 10.2 Å². The first-order valence-electron chi connectivity index (χ1n) is 8.14. The standard InChI is InChI=1S/C16H26N4S.HI/c17-16(18-11-13-5-3-6-13)19-12-14(15-7-4-10-21-15)20-8-1-2-9-20;/h4,7,10,13-14H,1-3,5-6,8-9,11-12H2,(H3,17,18,19);1H. The van der Waals surface area contributed by atoms with Gasteiger partial charge in [-0.05, 0) is 56.1 Å². The van der Waals surface area contributed by atoms with Crippen LogP contribution in [0.5, 0.6) is 0 Å². The third-order valence-corrected chi connectivity index (χ3v) is 5.66. The molecule has 0 bridgehead atoms. The third kappa shape index (κ3) is 4.83. The van der Waals surface area contributed by atoms with E-state index >= 15 is 0 Å². The average molecular weight is 434 g/mol. The fraction of sp³-hybridized carbons (Fsp3) is 0.688. The summed E-state index contributed by atoms with van der Waals surface area (Å²) in [5.41, 5.74) is 6.02. The molecule has 1 aromatic heterocycles. The Labute approximate surface area is 154 Å². The minimum absolute atomic E-state index is 0. The Hall–Kier alpha value is -0.340. The summed E-state index contributed by atoms with van der Waals surface area (Å²) in [5, 5.41) is 5.44. The fourth-order valence-corrected chi connectivity index (χ4v) is 3.96. The molecule has 124 valence electrons. The maximum Gasteiger partial charge on any atom is 0.188 e. The van der Waals surface area contributed by atoms with Gasteiger partial charge in [-0.2, -0.15) is 0 Å². The largest absolute Gasteiger partial charge is 0.370 e. The Bertz CT molecular complexity index is 453. The zero-order valence-electron chi connectivity index (χ0n) is 13.0. The second kappa shape index (κ2) is 9.08. The molecule has 22 heavy (non-hydrogen) atoms. The first kappa shape index (κ1) is 18.0. The molecule has 1 unspecified atom stereocenters. The van der Waals surface area contributed by atoms with Crippen LogP contribution < -0.4 is 11.1 Å². The average Bonchev–Trinajstić information content (AvgIpc) is 3.10. The molecule has 4 nitrogen and oxygen atoms in total. The van der Waals surface area contributed by atoms with Crippen molar-refractivity contribution >= 4 is 41.3 Å². The van der Waals surface area contributed by atoms with Gasteiger partial charge in [0, 0.05) is 11.4 Å². The minimum Gasteiger partial charge on any atom is -0.370 e. The summed E-state index contributed by atoms with van der Waals surface area (Å²) in [6.45, 7) is 4.13. The molecule has 6 heteroatoms. The summed E-state index contributed by atoms with van der Waals surface area (Å²) in [4.78, 5) is 8.56. The normalized spacial score (nSPS) is 21.2. The summed E-state index contributed by atoms with van der Waals surface area (Å²) in [6.07, 6.45) is 6.67. The van der Waals surface area contributed by atoms with Crippen LogP contribution in [0.25, 0.3) is 0 Å². The van der Waals surface area contributed by atoms with Gasteiger partial charge in [0.2, 0.25) is 0 Å². The summed E-state index contributed by atoms with van der Waals surface area (Å²) in [7, 11) is 0. The molecule has 3 rings (SSSR count). The highest BCUT2D eigenvalue weighted by Gasteiger charge is 2.24. The van der Waals surface area contributed by atoms with Crippen LogP contribution in [0.1, 0.15) is 43.0 Å². The van der Waals surface area contributed by atoms with Crippen molar-refractivity contribution in [2.24, 2.45) is 16.6 Å². The number of hydrogen-bond acceptors (Lipinski definition) is 3. The van der Waals surface area contributed by atoms with E-state index in [1.807, 2.05) is 11.3 Å². The van der Waals surface area contributed by atoms with Crippen molar-refractivity contribution < 1.29 is 0 Å². The molecule has 3 N–H and O–H groups in total. The van der Waals surface area contributed by atoms with Crippen molar-refractivity contribution in [3.05, 3.63) is 22.4 Å². The highest BCUT2D eigenvalue weighted by molar-refractivity contribution is 14.0. The van der Waals surface area contributed by atoms with E-state index in [1.54, 1.807) is 0 Å². The van der Waals surface area contributed by atoms with E-state index in [0.29, 0.717) is 12.0 Å². The molecule has 2 fully saturated rings. The topological polar surface area (TPSA) is 53.6 Å². The molecule has 0 amide bonds. The Morgan fingerprint density at radius 2 is 2.14 bits per heavy atom. The second-order valence-electron chi connectivity index (χ2n) is 6.18. The first-order valence-corrected chi connectivity index (χ1v) is 9.02. The number of nitrogens with two attached hydrogens (primary N) is 1. The third-order valence-electron chi connectivity index (χ3n) is 4.68. The van der Waals surface area contributed by atoms with Gasteiger partial charge in [-0.3, -0.25) is 9.89 Å². The molecule has 0 aromatic carbocycles. The number of aliphatic imine (C=N–C) groups is 1. The quantitative estimate of drug-likeness (QED) is 0.411. The van der Waals surface area contributed by atoms with E-state index in [1.165, 1.54) is 50.1 Å². The smallest absolute Gasteiger partial charge is 0.188 e. The summed E-state index contributed by atoms with van der Waals surface area (Å²) in [6, 6.07) is 4.75. The van der Waals surface area contributed by atoms with Gasteiger partial charge < -0.3 is 11.1 Å². The lowest BCUT2D eigenvalue weighted by atomic mass is 9.85. The molecule has 1 aromatic rings. The Balaban J connectivity index is 0.00000176. The highest BCUT2D eigenvalue weighted by Crippen LogP contribution is 2.28. The van der Waals surface area contributed by atoms with Gasteiger partial charge in [0.1, 0.15) is 0 Å². The van der Waals surface area contributed by atoms with Gasteiger partial charge in [-0.25, -0.2) is 0 Å². The summed E-state index contributed by atoms with van der Waals surface area (Å²) >= 11 is 1.83. The van der Waals surface area contributed by atoms with E-state index in [9.17, 15) is 0 Å². The summed E-state index contributed by atoms with van der Waals surface area (Å²) < 4.78 is 0. The highest BCUT2D eigenvalue weighted by atomic mass is 127. The van der Waals surface area contributed by atoms with Crippen LogP contribution in [0.4, 0.5) is 0 Å². The van der Waals surface area contributed by atoms with Crippen LogP contribution in [0.3, 0.4) is 0 Å². The van der Waals surface area contributed by atoms with Crippen molar-refractivity contribution in [2.75, 3.05) is 26.2 Å². The fourth-order valence-electron chi connectivity index (χ4n) is 3.11. The van der Waals surface area contributed by atoms with Crippen LogP contribution in [0.15, 0.2) is 22.5 Å². The SMILES string of the molecule is I.NC(=NCC(c1cccs1)N1CCCC1)NCC1CCC1. The molecular formula is C16H27IN4S. The van der Waals surface area contributed by atoms with E-state index in [0.717, 1.165) is 19.0 Å². The van der Waals surface area contributed by atoms with Crippen molar-refractivity contribution in [2.45, 2.75) is 38.1 Å². The zero-order chi connectivity index (χ0) is 14.5. The number of nitrogens with one attached hydrogen (secondary N) is 1. The van der Waals surface area contributed by atoms with Crippen LogP contribution >= 0.6 is 35.3 Å². The van der Waals surface area contributed by atoms with Gasteiger partial charge in [-0.1, -0.05) is 12.5 Å². The Morgan fingerprint density at radius 3 is 2.73 bits per heavy atom. The van der Waals surface area contributed by atoms with Crippen LogP contribution in [0, 0.1) is 5.92 Å². The molecule has 0 radical (unpaired) electrons. The Kier molecular flexibility index (Phi) is 7.43. The molecular weight excluding hydrogens is 407 g/mol. The predicted molar refractivity (Wildman–Crippen MR) is 105 cm³/mol. The second-order valence-corrected chi connectivity index (χ2v) is 7.16. The van der Waals surface area contributed by atoms with Gasteiger partial charge in [0.25, 0.3) is 0 Å². The molecule has 2 aliphatic rings. The number of hydrogen-bond donors (Lipinski definition) is 2. The molecule has 1 saturated carbocycles. The summed E-state index contributed by atoms with van der Waals surface area (Å²) in [5.74, 6) is 1.42. The maximum atomic E-state index is 6.02. The minimum atomic E-state index is 0. The number of halogens is 1. The van der Waals surface area contributed by atoms with Crippen molar-refractivity contribution in [3.8, 4) is 0 Å². The number of guanidine groups is 1. The van der Waals surface area contributed by atoms with Gasteiger partial charge in [-0.15, -0.1) is 35.3 Å². The predicted octanol–water partition coefficient (Wildman–Crippen LogP) is 3.21. The molecule has 1 aliphatic heterocycles. The number of likely N-dealkylation sites (tertiary alicyclic amines) is 1. The van der Waals surface area contributed by atoms with E-state index in [4.69, 9.17) is 5.73 Å². The van der Waals surface area contributed by atoms with Crippen LogP contribution in [0.2, 0.25) is 0 Å². The maximum absolute atomic E-state index is 6.02. The van der Waals surface area contributed by atoms with Crippen molar-refractivity contribution in [1.29, 1.82) is 0 Å². The Morgan fingerprint density at radius 1 is 1.36 bits per heavy atom. The number of nitrogens with zero attached hydrogens (tertiary/aromatic N) is 2. The van der Waals surface area contributed by atoms with Crippen LogP contribution in [-0.2, 0) is 0 Å². The van der Waals surface area contributed by atoms with Crippen molar-refractivity contribution in [3.63, 3.8) is 0 Å². The van der Waals surface area contributed by atoms with Gasteiger partial charge in [0.15, 0.2) is 5.96 Å². The van der Waals surface area contributed by atoms with Crippen LogP contribution in [-0.4, -0.2) is 37.0 Å². The lowest BCUT2D eigenvalue weighted by Gasteiger charge is -2.26. The van der Waals surface area contributed by atoms with E-state index in [-0.39, 0.29) is 24.0 Å². The molecule has 1 aliphatic carbocycles. The number of rotatable bonds is 6. The lowest BCUT2D eigenvalue weighted by Crippen LogP contribution is -2.38.